The predicted molar refractivity (Wildman–Crippen MR) is 370 cm³/mol. The summed E-state index contributed by atoms with van der Waals surface area (Å²) in [7, 11) is 5.25. The van der Waals surface area contributed by atoms with Crippen molar-refractivity contribution in [2.75, 3.05) is 84.2 Å². The molecule has 2 aliphatic heterocycles. The average Bonchev–Trinajstić information content (AvgIpc) is 0.817. The second-order valence-corrected chi connectivity index (χ2v) is 40.0. The molecule has 0 radical (unpaired) electrons. The average molecular weight is 1510 g/mol. The number of rotatable bonds is 23. The molecule has 8 amide bonds. The van der Waals surface area contributed by atoms with E-state index in [1.807, 2.05) is 14.1 Å². The summed E-state index contributed by atoms with van der Waals surface area (Å²) < 4.78 is 96.0. The number of benzene rings is 2. The highest BCUT2D eigenvalue weighted by atomic mass is 127. The van der Waals surface area contributed by atoms with E-state index < -0.39 is 105 Å². The lowest BCUT2D eigenvalue weighted by atomic mass is 9.83. The summed E-state index contributed by atoms with van der Waals surface area (Å²) in [5.41, 5.74) is -2.29. The van der Waals surface area contributed by atoms with Crippen LogP contribution >= 0.6 is 21.8 Å². The van der Waals surface area contributed by atoms with Crippen LogP contribution < -0.4 is 42.2 Å². The first kappa shape index (κ1) is 79.5. The van der Waals surface area contributed by atoms with Gasteiger partial charge in [-0.2, -0.15) is 17.6 Å². The molecule has 2 aromatic heterocycles. The second kappa shape index (κ2) is 37.1. The van der Waals surface area contributed by atoms with Gasteiger partial charge in [-0.3, -0.25) is 43.2 Å². The maximum Gasteiger partial charge on any atom is 0.351 e. The van der Waals surface area contributed by atoms with Crippen molar-refractivity contribution in [3.63, 3.8) is 0 Å². The van der Waals surface area contributed by atoms with E-state index in [0.717, 1.165) is 81.3 Å². The van der Waals surface area contributed by atoms with Crippen LogP contribution in [0.25, 0.3) is 0 Å². The number of carbonyl (C=O) groups excluding carboxylic acids is 8. The van der Waals surface area contributed by atoms with E-state index >= 15 is 26.3 Å². The van der Waals surface area contributed by atoms with Crippen LogP contribution in [0, 0.1) is 23.5 Å². The van der Waals surface area contributed by atoms with Crippen molar-refractivity contribution in [2.24, 2.45) is 11.8 Å². The number of pyridine rings is 2. The number of methoxy groups -OCH3 is 1. The van der Waals surface area contributed by atoms with Crippen molar-refractivity contribution in [1.29, 1.82) is 0 Å². The van der Waals surface area contributed by atoms with Crippen LogP contribution in [0.5, 0.6) is 5.88 Å². The van der Waals surface area contributed by atoms with Crippen LogP contribution in [-0.4, -0.2) is 180 Å². The highest BCUT2D eigenvalue weighted by Crippen LogP contribution is 2.34. The number of piperazine rings is 2. The Morgan fingerprint density at radius 1 is 0.592 bits per heavy atom. The first-order valence-electron chi connectivity index (χ1n) is 33.3. The SMILES string of the molecule is CCC(=O)N[C@H](Cc1ccc(NC(=O)[C@@H](NC(=O)C(F)(F)c2ccc(=O)[nH]c2)C2CCCCC2)c(F)c1)C(=O)N1CCN(C)CC1.CCC(=O)N[C@H](Cc1ccc(NC(=O)[C@@H](NC(=O)C(F)(F)c2ccc(OC)nc2)C2CCCCC2)c(F)c1)C(=O)N1CCN(C)CC1.C[Si](C)(C)I. The molecule has 2 aliphatic carbocycles. The number of anilines is 2. The zero-order valence-corrected chi connectivity index (χ0v) is 60.1. The monoisotopic (exact) mass is 1510 g/mol. The minimum absolute atomic E-state index is 0.0165. The van der Waals surface area contributed by atoms with Crippen molar-refractivity contribution < 1.29 is 69.4 Å². The van der Waals surface area contributed by atoms with Gasteiger partial charge >= 0.3 is 11.8 Å². The molecule has 4 aliphatic rings. The molecule has 4 fully saturated rings. The fraction of sp³-hybridized carbons (Fsp3) is 0.559. The lowest BCUT2D eigenvalue weighted by molar-refractivity contribution is -0.149. The number of hydrogen-bond donors (Lipinski definition) is 7. The molecule has 98 heavy (non-hydrogen) atoms. The number of nitrogens with zero attached hydrogens (tertiary/aromatic N) is 5. The van der Waals surface area contributed by atoms with Crippen molar-refractivity contribution >= 4 is 86.0 Å². The van der Waals surface area contributed by atoms with Gasteiger partial charge in [0.05, 0.1) is 18.5 Å². The molecule has 7 N–H and O–H groups in total. The van der Waals surface area contributed by atoms with Crippen LogP contribution in [0.4, 0.5) is 37.7 Å². The van der Waals surface area contributed by atoms with Crippen LogP contribution in [0.15, 0.2) is 77.9 Å². The Bertz CT molecular complexity index is 3410. The minimum atomic E-state index is -4.05. The quantitative estimate of drug-likeness (QED) is 0.0161. The molecule has 0 unspecified atom stereocenters. The Morgan fingerprint density at radius 3 is 1.32 bits per heavy atom. The summed E-state index contributed by atoms with van der Waals surface area (Å²) in [4.78, 5) is 128. The normalized spacial score (nSPS) is 17.2. The summed E-state index contributed by atoms with van der Waals surface area (Å²) in [6, 6.07) is 7.39. The highest BCUT2D eigenvalue weighted by Gasteiger charge is 2.46. The molecule has 4 aromatic rings. The van der Waals surface area contributed by atoms with Crippen molar-refractivity contribution in [1.82, 2.24) is 50.8 Å². The fourth-order valence-electron chi connectivity index (χ4n) is 11.7. The van der Waals surface area contributed by atoms with Crippen LogP contribution in [0.3, 0.4) is 0 Å². The van der Waals surface area contributed by atoms with Gasteiger partial charge in [0.25, 0.3) is 11.8 Å². The number of ether oxygens (including phenoxy) is 1. The molecule has 0 bridgehead atoms. The third kappa shape index (κ3) is 23.9. The van der Waals surface area contributed by atoms with Crippen LogP contribution in [0.1, 0.15) is 113 Å². The largest absolute Gasteiger partial charge is 0.481 e. The number of likely N-dealkylation sites (N-methyl/N-ethyl adjacent to an activating group) is 2. The summed E-state index contributed by atoms with van der Waals surface area (Å²) in [5.74, 6) is -16.7. The van der Waals surface area contributed by atoms with Gasteiger partial charge in [-0.1, -0.05) is 84.1 Å². The van der Waals surface area contributed by atoms with Crippen molar-refractivity contribution in [3.8, 4) is 5.88 Å². The molecule has 2 aromatic carbocycles. The Kier molecular flexibility index (Phi) is 30.1. The van der Waals surface area contributed by atoms with Gasteiger partial charge in [-0.15, -0.1) is 21.8 Å². The molecule has 8 rings (SSSR count). The standard InChI is InChI=1S/C33H43F3N6O5.C32H41F3N6O5.C3H9ISi/c1-4-27(43)38-26(31(45)42-16-14-41(2)15-17-42)19-21-10-12-25(24(34)18-21)39-30(44)29(22-8-6-5-7-9-22)40-32(46)33(35,36)23-11-13-28(47-3)37-20-23;1-3-26(42)37-25(30(45)41-15-13-40(2)14-16-41)18-20-9-11-24(23(33)17-20)38-29(44)28(21-7-5-4-6-8-21)39-31(46)32(34,35)22-10-12-27(43)36-19-22;1-5(2,3)4/h10-13,18,20,22,26,29H,4-9,14-17,19H2,1-3H3,(H,38,43)(H,39,44)(H,40,46);9-12,17,19,21,25,28H,3-8,13-16,18H2,1-2H3,(H,36,43)(H,37,42)(H,38,44)(H,39,46);1-3H3/t26-,29+;25-,28+;/m11./s1. The third-order valence-corrected chi connectivity index (χ3v) is 17.4. The number of aromatic amines is 1. The van der Waals surface area contributed by atoms with E-state index in [9.17, 15) is 43.2 Å². The second-order valence-electron chi connectivity index (χ2n) is 26.2. The number of nitrogens with one attached hydrogen (secondary N) is 7. The van der Waals surface area contributed by atoms with E-state index in [0.29, 0.717) is 89.2 Å². The van der Waals surface area contributed by atoms with Gasteiger partial charge in [0.15, 0.2) is 0 Å². The Balaban J connectivity index is 0.000000289. The highest BCUT2D eigenvalue weighted by molar-refractivity contribution is 14.1. The van der Waals surface area contributed by atoms with E-state index in [-0.39, 0.29) is 66.6 Å². The lowest BCUT2D eigenvalue weighted by Crippen LogP contribution is -2.54. The molecule has 22 nitrogen and oxygen atoms in total. The van der Waals surface area contributed by atoms with Gasteiger partial charge in [0, 0.05) is 114 Å². The topological polar surface area (TPSA) is 277 Å². The summed E-state index contributed by atoms with van der Waals surface area (Å²) in [5, 5.41) is 14.8. The number of aromatic nitrogens is 2. The summed E-state index contributed by atoms with van der Waals surface area (Å²) in [6.07, 6.45) is 8.86. The number of alkyl halides is 4. The maximum atomic E-state index is 15.4. The third-order valence-electron chi connectivity index (χ3n) is 17.4. The molecule has 2 saturated heterocycles. The van der Waals surface area contributed by atoms with Crippen LogP contribution in [0.2, 0.25) is 19.6 Å². The van der Waals surface area contributed by atoms with E-state index in [1.165, 1.54) is 37.4 Å². The number of H-pyrrole nitrogens is 1. The van der Waals surface area contributed by atoms with Crippen molar-refractivity contribution in [3.05, 3.63) is 117 Å². The van der Waals surface area contributed by atoms with Gasteiger partial charge < -0.3 is 61.2 Å². The first-order valence-corrected chi connectivity index (χ1v) is 39.9. The molecule has 538 valence electrons. The predicted octanol–water partition coefficient (Wildman–Crippen LogP) is 8.01. The zero-order chi connectivity index (χ0) is 72.1. The first-order chi connectivity index (χ1) is 46.3. The number of carbonyl (C=O) groups is 8. The van der Waals surface area contributed by atoms with Gasteiger partial charge in [0.1, 0.15) is 41.4 Å². The fourth-order valence-corrected chi connectivity index (χ4v) is 11.7. The Labute approximate surface area is 581 Å². The van der Waals surface area contributed by atoms with Gasteiger partial charge in [0.2, 0.25) is 46.9 Å². The van der Waals surface area contributed by atoms with Gasteiger partial charge in [-0.05, 0) is 99.1 Å². The summed E-state index contributed by atoms with van der Waals surface area (Å²) in [6.45, 7) is 15.1. The molecular weight excluding hydrogens is 1410 g/mol. The summed E-state index contributed by atoms with van der Waals surface area (Å²) >= 11 is 2.52. The molecule has 0 spiro atoms. The molecule has 2 saturated carbocycles. The Hall–Kier alpha value is -7.45. The van der Waals surface area contributed by atoms with E-state index in [2.05, 4.69) is 93.1 Å². The lowest BCUT2D eigenvalue weighted by Gasteiger charge is -2.34. The smallest absolute Gasteiger partial charge is 0.351 e. The molecule has 30 heteroatoms. The molecule has 4 heterocycles. The maximum absolute atomic E-state index is 15.4. The van der Waals surface area contributed by atoms with Gasteiger partial charge in [-0.25, -0.2) is 13.8 Å². The number of amides is 8. The molecule has 4 atom stereocenters. The van der Waals surface area contributed by atoms with Crippen molar-refractivity contribution in [2.45, 2.75) is 159 Å². The van der Waals surface area contributed by atoms with E-state index in [4.69, 9.17) is 4.74 Å². The van der Waals surface area contributed by atoms with E-state index in [1.54, 1.807) is 23.6 Å². The molecular formula is C68H93F6IN12O10Si. The van der Waals surface area contributed by atoms with Crippen LogP contribution in [-0.2, 0) is 63.0 Å². The number of hydrogen-bond acceptors (Lipinski definition) is 13. The number of halogens is 7. The Morgan fingerprint density at radius 2 is 0.980 bits per heavy atom. The minimum Gasteiger partial charge on any atom is -0.481 e. The zero-order valence-electron chi connectivity index (χ0n) is 56.9.